The molecule has 0 aromatic carbocycles. The predicted molar refractivity (Wildman–Crippen MR) is 55.1 cm³/mol. The fourth-order valence-corrected chi connectivity index (χ4v) is 2.10. The van der Waals surface area contributed by atoms with Crippen LogP contribution in [0.25, 0.3) is 0 Å². The Labute approximate surface area is 85.0 Å². The van der Waals surface area contributed by atoms with Crippen molar-refractivity contribution in [2.45, 2.75) is 31.8 Å². The second kappa shape index (κ2) is 4.28. The van der Waals surface area contributed by atoms with Crippen molar-refractivity contribution < 1.29 is 4.79 Å². The summed E-state index contributed by atoms with van der Waals surface area (Å²) >= 11 is 0. The Morgan fingerprint density at radius 3 is 3.00 bits per heavy atom. The van der Waals surface area contributed by atoms with E-state index in [4.69, 9.17) is 0 Å². The number of likely N-dealkylation sites (N-methyl/N-ethyl adjacent to an activating group) is 1. The third-order valence-corrected chi connectivity index (χ3v) is 2.95. The lowest BCUT2D eigenvalue weighted by Gasteiger charge is -2.35. The van der Waals surface area contributed by atoms with Gasteiger partial charge in [-0.15, -0.1) is 0 Å². The Morgan fingerprint density at radius 2 is 2.36 bits per heavy atom. The zero-order valence-corrected chi connectivity index (χ0v) is 8.75. The molecule has 1 amide bonds. The number of hydrogen-bond acceptors (Lipinski definition) is 3. The molecule has 1 aliphatic carbocycles. The number of hydrogen-bond donors (Lipinski definition) is 2. The number of nitrogens with one attached hydrogen (secondary N) is 2. The van der Waals surface area contributed by atoms with E-state index in [2.05, 4.69) is 15.5 Å². The highest BCUT2D eigenvalue weighted by Gasteiger charge is 2.38. The van der Waals surface area contributed by atoms with Crippen LogP contribution >= 0.6 is 0 Å². The molecule has 0 aromatic heterocycles. The maximum Gasteiger partial charge on any atom is 0.238 e. The number of nitrogens with zero attached hydrogens (tertiary/aromatic N) is 1. The van der Waals surface area contributed by atoms with Gasteiger partial charge >= 0.3 is 0 Å². The number of carbonyl (C=O) groups excluding carboxylic acids is 1. The number of amides is 1. The van der Waals surface area contributed by atoms with Crippen molar-refractivity contribution in [1.29, 1.82) is 0 Å². The Bertz CT molecular complexity index is 215. The summed E-state index contributed by atoms with van der Waals surface area (Å²) in [5, 5.41) is 6.19. The highest BCUT2D eigenvalue weighted by Crippen LogP contribution is 2.29. The van der Waals surface area contributed by atoms with E-state index in [1.165, 1.54) is 12.8 Å². The molecule has 14 heavy (non-hydrogen) atoms. The first-order valence-corrected chi connectivity index (χ1v) is 5.57. The lowest BCUT2D eigenvalue weighted by atomic mass is 10.1. The van der Waals surface area contributed by atoms with Gasteiger partial charge in [-0.25, -0.2) is 0 Å². The van der Waals surface area contributed by atoms with E-state index in [0.717, 1.165) is 26.2 Å². The fourth-order valence-electron chi connectivity index (χ4n) is 2.10. The number of rotatable bonds is 3. The van der Waals surface area contributed by atoms with E-state index in [9.17, 15) is 4.79 Å². The minimum Gasteiger partial charge on any atom is -0.355 e. The van der Waals surface area contributed by atoms with Gasteiger partial charge in [0.2, 0.25) is 5.91 Å². The summed E-state index contributed by atoms with van der Waals surface area (Å²) in [6.45, 7) is 5.55. The first kappa shape index (κ1) is 9.93. The standard InChI is InChI=1S/C10H19N3O/c1-2-12-10(14)9-7-11-5-6-13(9)8-3-4-8/h8-9,11H,2-7H2,1H3,(H,12,14). The van der Waals surface area contributed by atoms with Crippen molar-refractivity contribution in [3.05, 3.63) is 0 Å². The normalized spacial score (nSPS) is 28.8. The van der Waals surface area contributed by atoms with Gasteiger partial charge in [0.15, 0.2) is 0 Å². The van der Waals surface area contributed by atoms with Gasteiger partial charge in [-0.2, -0.15) is 0 Å². The van der Waals surface area contributed by atoms with Crippen LogP contribution in [0.5, 0.6) is 0 Å². The van der Waals surface area contributed by atoms with Crippen LogP contribution in [-0.2, 0) is 4.79 Å². The topological polar surface area (TPSA) is 44.4 Å². The minimum atomic E-state index is 0.0659. The monoisotopic (exact) mass is 197 g/mol. The van der Waals surface area contributed by atoms with Crippen molar-refractivity contribution >= 4 is 5.91 Å². The van der Waals surface area contributed by atoms with Crippen LogP contribution in [0.1, 0.15) is 19.8 Å². The van der Waals surface area contributed by atoms with Gasteiger partial charge < -0.3 is 10.6 Å². The predicted octanol–water partition coefficient (Wildman–Crippen LogP) is -0.441. The van der Waals surface area contributed by atoms with Gasteiger partial charge in [0.25, 0.3) is 0 Å². The van der Waals surface area contributed by atoms with Crippen molar-refractivity contribution in [3.63, 3.8) is 0 Å². The first-order chi connectivity index (χ1) is 6.83. The van der Waals surface area contributed by atoms with E-state index in [1.54, 1.807) is 0 Å². The zero-order valence-electron chi connectivity index (χ0n) is 8.75. The molecule has 1 heterocycles. The molecule has 1 saturated carbocycles. The molecule has 2 fully saturated rings. The first-order valence-electron chi connectivity index (χ1n) is 5.57. The maximum absolute atomic E-state index is 11.7. The number of piperazine rings is 1. The van der Waals surface area contributed by atoms with Crippen LogP contribution in [0.2, 0.25) is 0 Å². The Hall–Kier alpha value is -0.610. The Balaban J connectivity index is 1.94. The second-order valence-corrected chi connectivity index (χ2v) is 4.08. The quantitative estimate of drug-likeness (QED) is 0.644. The molecule has 0 spiro atoms. The smallest absolute Gasteiger partial charge is 0.238 e. The highest BCUT2D eigenvalue weighted by molar-refractivity contribution is 5.82. The molecule has 80 valence electrons. The van der Waals surface area contributed by atoms with Gasteiger partial charge in [0.05, 0.1) is 0 Å². The van der Waals surface area contributed by atoms with Crippen molar-refractivity contribution in [2.24, 2.45) is 0 Å². The summed E-state index contributed by atoms with van der Waals surface area (Å²) in [5.41, 5.74) is 0. The maximum atomic E-state index is 11.7. The summed E-state index contributed by atoms with van der Waals surface area (Å²) in [5.74, 6) is 0.187. The molecule has 0 aromatic rings. The third kappa shape index (κ3) is 2.07. The summed E-state index contributed by atoms with van der Waals surface area (Å²) in [7, 11) is 0. The molecule has 2 rings (SSSR count). The van der Waals surface area contributed by atoms with Crippen molar-refractivity contribution in [3.8, 4) is 0 Å². The fraction of sp³-hybridized carbons (Fsp3) is 0.900. The third-order valence-electron chi connectivity index (χ3n) is 2.95. The molecule has 1 saturated heterocycles. The van der Waals surface area contributed by atoms with E-state index in [1.807, 2.05) is 6.92 Å². The molecular weight excluding hydrogens is 178 g/mol. The SMILES string of the molecule is CCNC(=O)C1CNCCN1C1CC1. The average molecular weight is 197 g/mol. The summed E-state index contributed by atoms with van der Waals surface area (Å²) in [6.07, 6.45) is 2.55. The molecule has 0 radical (unpaired) electrons. The molecule has 1 aliphatic heterocycles. The lowest BCUT2D eigenvalue weighted by molar-refractivity contribution is -0.127. The van der Waals surface area contributed by atoms with Gasteiger partial charge in [0, 0.05) is 32.2 Å². The molecule has 4 heteroatoms. The van der Waals surface area contributed by atoms with E-state index < -0.39 is 0 Å². The van der Waals surface area contributed by atoms with Crippen molar-refractivity contribution in [1.82, 2.24) is 15.5 Å². The lowest BCUT2D eigenvalue weighted by Crippen LogP contribution is -2.58. The average Bonchev–Trinajstić information content (AvgIpc) is 3.01. The van der Waals surface area contributed by atoms with Crippen LogP contribution in [0.4, 0.5) is 0 Å². The van der Waals surface area contributed by atoms with E-state index >= 15 is 0 Å². The van der Waals surface area contributed by atoms with Crippen molar-refractivity contribution in [2.75, 3.05) is 26.2 Å². The largest absolute Gasteiger partial charge is 0.355 e. The Kier molecular flexibility index (Phi) is 3.03. The molecule has 4 nitrogen and oxygen atoms in total. The molecule has 1 atom stereocenters. The second-order valence-electron chi connectivity index (χ2n) is 4.08. The van der Waals surface area contributed by atoms with Gasteiger partial charge in [-0.1, -0.05) is 0 Å². The molecule has 0 bridgehead atoms. The molecule has 2 N–H and O–H groups in total. The van der Waals surface area contributed by atoms with E-state index in [-0.39, 0.29) is 11.9 Å². The number of carbonyl (C=O) groups is 1. The minimum absolute atomic E-state index is 0.0659. The van der Waals surface area contributed by atoms with E-state index in [0.29, 0.717) is 6.04 Å². The van der Waals surface area contributed by atoms with Crippen LogP contribution in [0.15, 0.2) is 0 Å². The molecular formula is C10H19N3O. The van der Waals surface area contributed by atoms with Gasteiger partial charge in [0.1, 0.15) is 6.04 Å². The summed E-state index contributed by atoms with van der Waals surface area (Å²) < 4.78 is 0. The summed E-state index contributed by atoms with van der Waals surface area (Å²) in [4.78, 5) is 14.1. The molecule has 2 aliphatic rings. The summed E-state index contributed by atoms with van der Waals surface area (Å²) in [6, 6.07) is 0.751. The van der Waals surface area contributed by atoms with Gasteiger partial charge in [-0.3, -0.25) is 9.69 Å². The molecule has 1 unspecified atom stereocenters. The van der Waals surface area contributed by atoms with Gasteiger partial charge in [-0.05, 0) is 19.8 Å². The van der Waals surface area contributed by atoms with Crippen LogP contribution < -0.4 is 10.6 Å². The zero-order chi connectivity index (χ0) is 9.97. The highest BCUT2D eigenvalue weighted by atomic mass is 16.2. The van der Waals surface area contributed by atoms with Crippen LogP contribution in [0.3, 0.4) is 0 Å². The van der Waals surface area contributed by atoms with Crippen LogP contribution in [-0.4, -0.2) is 49.1 Å². The Morgan fingerprint density at radius 1 is 1.57 bits per heavy atom. The van der Waals surface area contributed by atoms with Crippen LogP contribution in [0, 0.1) is 0 Å².